The molecular formula is C29H40FNS2. The first kappa shape index (κ1) is 29.1. The molecule has 0 radical (unpaired) electrons. The van der Waals surface area contributed by atoms with E-state index in [9.17, 15) is 4.39 Å². The minimum absolute atomic E-state index is 0.310. The van der Waals surface area contributed by atoms with Gasteiger partial charge in [0.2, 0.25) is 0 Å². The molecule has 0 aromatic heterocycles. The summed E-state index contributed by atoms with van der Waals surface area (Å²) in [5.74, 6) is 0. The van der Waals surface area contributed by atoms with Crippen molar-refractivity contribution >= 4 is 34.3 Å². The van der Waals surface area contributed by atoms with Crippen LogP contribution in [0.2, 0.25) is 0 Å². The van der Waals surface area contributed by atoms with E-state index in [-0.39, 0.29) is 6.67 Å². The molecule has 1 nitrogen and oxygen atoms in total. The van der Waals surface area contributed by atoms with E-state index < -0.39 is 0 Å². The summed E-state index contributed by atoms with van der Waals surface area (Å²) in [5.41, 5.74) is 5.82. The number of nitrogens with zero attached hydrogens (tertiary/aromatic N) is 1. The number of unbranched alkanes of at least 4 members (excludes halogenated alkanes) is 4. The van der Waals surface area contributed by atoms with Gasteiger partial charge in [0, 0.05) is 35.3 Å². The quantitative estimate of drug-likeness (QED) is 0.112. The van der Waals surface area contributed by atoms with Crippen molar-refractivity contribution in [3.05, 3.63) is 89.0 Å². The molecule has 1 aliphatic rings. The van der Waals surface area contributed by atoms with E-state index >= 15 is 0 Å². The van der Waals surface area contributed by atoms with E-state index in [0.29, 0.717) is 6.42 Å². The zero-order chi connectivity index (χ0) is 24.5. The van der Waals surface area contributed by atoms with Gasteiger partial charge in [0.25, 0.3) is 0 Å². The predicted molar refractivity (Wildman–Crippen MR) is 153 cm³/mol. The Balaban J connectivity index is 0.00000172. The molecule has 0 unspecified atom stereocenters. The van der Waals surface area contributed by atoms with E-state index in [0.717, 1.165) is 29.1 Å². The number of alkyl halides is 1. The zero-order valence-corrected chi connectivity index (χ0v) is 22.2. The van der Waals surface area contributed by atoms with Crippen molar-refractivity contribution in [2.75, 3.05) is 20.3 Å². The second-order valence-electron chi connectivity index (χ2n) is 8.16. The second kappa shape index (κ2) is 17.6. The fourth-order valence-electron chi connectivity index (χ4n) is 3.52. The Morgan fingerprint density at radius 2 is 1.82 bits per heavy atom. The summed E-state index contributed by atoms with van der Waals surface area (Å²) in [7, 11) is 2.12. The molecule has 0 heterocycles. The lowest BCUT2D eigenvalue weighted by atomic mass is 10.0. The molecule has 0 fully saturated rings. The van der Waals surface area contributed by atoms with Crippen LogP contribution in [0, 0.1) is 0 Å². The molecule has 0 amide bonds. The van der Waals surface area contributed by atoms with Crippen LogP contribution in [0.3, 0.4) is 0 Å². The minimum atomic E-state index is -0.310. The van der Waals surface area contributed by atoms with Gasteiger partial charge >= 0.3 is 0 Å². The fraction of sp³-hybridized carbons (Fsp3) is 0.414. The van der Waals surface area contributed by atoms with Gasteiger partial charge in [-0.3, -0.25) is 4.39 Å². The van der Waals surface area contributed by atoms with E-state index in [4.69, 9.17) is 12.2 Å². The zero-order valence-electron chi connectivity index (χ0n) is 20.6. The van der Waals surface area contributed by atoms with E-state index in [1.165, 1.54) is 48.8 Å². The summed E-state index contributed by atoms with van der Waals surface area (Å²) in [5, 5.41) is 0. The van der Waals surface area contributed by atoms with Crippen LogP contribution in [0.5, 0.6) is 0 Å². The predicted octanol–water partition coefficient (Wildman–Crippen LogP) is 9.09. The van der Waals surface area contributed by atoms with Crippen LogP contribution in [-0.2, 0) is 6.42 Å². The standard InChI is InChI=1S/C26H34FNS2.C3H6/c1-4-5-6-7-8-17-28(3)21(2)26(30-20-29)19-23-11-14-25(18-23)24-12-9-22(10-13-24)15-16-27;1-3-2/h9-14,19-20H,2,4-8,15-18H2,1,3H3;3H,1H2,2H3/b26-19+;. The monoisotopic (exact) mass is 485 g/mol. The molecule has 1 aliphatic carbocycles. The van der Waals surface area contributed by atoms with Gasteiger partial charge in [-0.05, 0) is 48.1 Å². The summed E-state index contributed by atoms with van der Waals surface area (Å²) in [6.45, 7) is 12.5. The molecule has 33 heavy (non-hydrogen) atoms. The van der Waals surface area contributed by atoms with Crippen LogP contribution in [0.4, 0.5) is 4.39 Å². The highest BCUT2D eigenvalue weighted by molar-refractivity contribution is 8.23. The van der Waals surface area contributed by atoms with E-state index in [1.54, 1.807) is 22.5 Å². The van der Waals surface area contributed by atoms with Crippen molar-refractivity contribution in [3.63, 3.8) is 0 Å². The third kappa shape index (κ3) is 11.2. The highest BCUT2D eigenvalue weighted by Gasteiger charge is 2.13. The Labute approximate surface area is 211 Å². The van der Waals surface area contributed by atoms with Gasteiger partial charge in [-0.25, -0.2) is 0 Å². The normalized spacial score (nSPS) is 12.9. The van der Waals surface area contributed by atoms with Crippen molar-refractivity contribution in [3.8, 4) is 0 Å². The largest absolute Gasteiger partial charge is 0.374 e. The van der Waals surface area contributed by atoms with Gasteiger partial charge in [0.05, 0.1) is 6.67 Å². The lowest BCUT2D eigenvalue weighted by Crippen LogP contribution is -2.19. The number of halogens is 1. The number of benzene rings is 1. The molecule has 0 bridgehead atoms. The Hall–Kier alpha value is -1.91. The maximum Gasteiger partial charge on any atom is 0.0934 e. The molecular weight excluding hydrogens is 445 g/mol. The first-order valence-corrected chi connectivity index (χ1v) is 13.2. The molecule has 2 rings (SSSR count). The molecule has 0 saturated carbocycles. The maximum absolute atomic E-state index is 12.5. The Kier molecular flexibility index (Phi) is 15.5. The van der Waals surface area contributed by atoms with Crippen molar-refractivity contribution in [1.82, 2.24) is 4.90 Å². The lowest BCUT2D eigenvalue weighted by Gasteiger charge is -2.23. The average Bonchev–Trinajstić information content (AvgIpc) is 3.28. The molecule has 0 saturated heterocycles. The SMILES string of the molecule is C=C(/C(=C\C1=CC=C(c2ccc(CCF)cc2)C1)SC=S)N(C)CCCCCCC.C=CC. The molecule has 0 spiro atoms. The number of hydrogen-bond acceptors (Lipinski definition) is 3. The van der Waals surface area contributed by atoms with Crippen LogP contribution >= 0.6 is 24.0 Å². The van der Waals surface area contributed by atoms with Gasteiger partial charge in [-0.1, -0.05) is 106 Å². The summed E-state index contributed by atoms with van der Waals surface area (Å²) in [4.78, 5) is 3.36. The van der Waals surface area contributed by atoms with Crippen LogP contribution in [-0.4, -0.2) is 29.9 Å². The fourth-order valence-corrected chi connectivity index (χ4v) is 4.44. The number of allylic oxidation sites excluding steroid dienone is 6. The van der Waals surface area contributed by atoms with Crippen LogP contribution in [0.15, 0.2) is 77.9 Å². The maximum atomic E-state index is 12.5. The van der Waals surface area contributed by atoms with Crippen LogP contribution in [0.1, 0.15) is 63.5 Å². The smallest absolute Gasteiger partial charge is 0.0934 e. The van der Waals surface area contributed by atoms with Crippen molar-refractivity contribution < 1.29 is 4.39 Å². The summed E-state index contributed by atoms with van der Waals surface area (Å²) in [6, 6.07) is 8.23. The number of hydrogen-bond donors (Lipinski definition) is 0. The Bertz CT molecular complexity index is 834. The second-order valence-corrected chi connectivity index (χ2v) is 9.60. The molecule has 0 aliphatic heterocycles. The number of aryl methyl sites for hydroxylation is 1. The van der Waals surface area contributed by atoms with Gasteiger partial charge in [-0.2, -0.15) is 0 Å². The highest BCUT2D eigenvalue weighted by atomic mass is 32.2. The van der Waals surface area contributed by atoms with Gasteiger partial charge in [0.1, 0.15) is 0 Å². The van der Waals surface area contributed by atoms with Crippen molar-refractivity contribution in [1.29, 1.82) is 0 Å². The van der Waals surface area contributed by atoms with E-state index in [1.807, 2.05) is 19.1 Å². The summed E-state index contributed by atoms with van der Waals surface area (Å²) >= 11 is 6.68. The highest BCUT2D eigenvalue weighted by Crippen LogP contribution is 2.33. The number of thiocarbonyl (C=S) groups is 1. The third-order valence-electron chi connectivity index (χ3n) is 5.43. The Morgan fingerprint density at radius 1 is 1.15 bits per heavy atom. The third-order valence-corrected chi connectivity index (χ3v) is 6.43. The molecule has 0 N–H and O–H groups in total. The first-order chi connectivity index (χ1) is 16.0. The van der Waals surface area contributed by atoms with Gasteiger partial charge in [0.15, 0.2) is 0 Å². The number of rotatable bonds is 14. The van der Waals surface area contributed by atoms with Crippen molar-refractivity contribution in [2.24, 2.45) is 0 Å². The summed E-state index contributed by atoms with van der Waals surface area (Å²) in [6.07, 6.45) is 16.0. The number of thioether (sulfide) groups is 1. The van der Waals surface area contributed by atoms with E-state index in [2.05, 4.69) is 62.4 Å². The van der Waals surface area contributed by atoms with Crippen LogP contribution < -0.4 is 0 Å². The molecule has 4 heteroatoms. The molecule has 0 atom stereocenters. The van der Waals surface area contributed by atoms with Gasteiger partial charge < -0.3 is 4.90 Å². The topological polar surface area (TPSA) is 3.24 Å². The molecule has 1 aromatic carbocycles. The average molecular weight is 486 g/mol. The Morgan fingerprint density at radius 3 is 2.42 bits per heavy atom. The van der Waals surface area contributed by atoms with Crippen LogP contribution in [0.25, 0.3) is 5.57 Å². The van der Waals surface area contributed by atoms with Crippen molar-refractivity contribution in [2.45, 2.75) is 58.8 Å². The number of likely N-dealkylation sites (N-methyl/N-ethyl adjacent to an activating group) is 1. The van der Waals surface area contributed by atoms with Gasteiger partial charge in [-0.15, -0.1) is 6.58 Å². The molecule has 1 aromatic rings. The first-order valence-electron chi connectivity index (χ1n) is 11.8. The molecule has 180 valence electrons. The minimum Gasteiger partial charge on any atom is -0.374 e. The lowest BCUT2D eigenvalue weighted by molar-refractivity contribution is 0.409. The summed E-state index contributed by atoms with van der Waals surface area (Å²) < 4.78 is 14.2.